The second-order valence-electron chi connectivity index (χ2n) is 2.47. The van der Waals surface area contributed by atoms with E-state index in [1.807, 2.05) is 0 Å². The van der Waals surface area contributed by atoms with Crippen molar-refractivity contribution < 1.29 is 4.74 Å². The molecule has 14 heavy (non-hydrogen) atoms. The second-order valence-corrected chi connectivity index (χ2v) is 3.29. The summed E-state index contributed by atoms with van der Waals surface area (Å²) < 4.78 is 5.00. The number of halogens is 2. The molecule has 0 aliphatic heterocycles. The lowest BCUT2D eigenvalue weighted by molar-refractivity contribution is 0.415. The van der Waals surface area contributed by atoms with Gasteiger partial charge in [0.1, 0.15) is 5.75 Å². The number of hydrogen-bond donors (Lipinski definition) is 1. The maximum atomic E-state index is 5.93. The normalized spacial score (nSPS) is 9.14. The fraction of sp³-hybridized carbons (Fsp3) is 0.200. The lowest BCUT2D eigenvalue weighted by atomic mass is 10.2. The van der Waals surface area contributed by atoms with Gasteiger partial charge in [0.05, 0.1) is 23.7 Å². The number of methoxy groups -OCH3 is 1. The van der Waals surface area contributed by atoms with Crippen molar-refractivity contribution in [2.24, 2.45) is 5.73 Å². The van der Waals surface area contributed by atoms with Crippen molar-refractivity contribution in [2.45, 2.75) is 0 Å². The molecule has 2 nitrogen and oxygen atoms in total. The molecule has 0 spiro atoms. The first-order chi connectivity index (χ1) is 6.69. The van der Waals surface area contributed by atoms with Crippen LogP contribution in [0, 0.1) is 11.8 Å². The van der Waals surface area contributed by atoms with Crippen LogP contribution in [0.25, 0.3) is 0 Å². The third-order valence-electron chi connectivity index (χ3n) is 1.57. The smallest absolute Gasteiger partial charge is 0.139 e. The van der Waals surface area contributed by atoms with Gasteiger partial charge in [0, 0.05) is 11.6 Å². The Bertz CT molecular complexity index is 393. The third kappa shape index (κ3) is 2.55. The molecule has 0 saturated heterocycles. The first kappa shape index (κ1) is 11.2. The summed E-state index contributed by atoms with van der Waals surface area (Å²) in [6.07, 6.45) is 0. The lowest BCUT2D eigenvalue weighted by Gasteiger charge is -2.04. The van der Waals surface area contributed by atoms with Crippen molar-refractivity contribution in [1.82, 2.24) is 0 Å². The van der Waals surface area contributed by atoms with Gasteiger partial charge in [0.15, 0.2) is 0 Å². The minimum atomic E-state index is 0.292. The Kier molecular flexibility index (Phi) is 4.09. The summed E-state index contributed by atoms with van der Waals surface area (Å²) in [5, 5.41) is 0.991. The van der Waals surface area contributed by atoms with Crippen molar-refractivity contribution in [3.05, 3.63) is 27.7 Å². The highest BCUT2D eigenvalue weighted by Gasteiger charge is 2.05. The van der Waals surface area contributed by atoms with Gasteiger partial charge in [0.25, 0.3) is 0 Å². The molecule has 0 fully saturated rings. The molecule has 0 saturated carbocycles. The highest BCUT2D eigenvalue weighted by molar-refractivity contribution is 6.35. The average Bonchev–Trinajstić information content (AvgIpc) is 2.18. The molecule has 0 amide bonds. The summed E-state index contributed by atoms with van der Waals surface area (Å²) in [7, 11) is 1.53. The van der Waals surface area contributed by atoms with Crippen molar-refractivity contribution >= 4 is 23.2 Å². The molecule has 1 aromatic carbocycles. The highest BCUT2D eigenvalue weighted by atomic mass is 35.5. The van der Waals surface area contributed by atoms with Gasteiger partial charge in [-0.05, 0) is 6.07 Å². The van der Waals surface area contributed by atoms with E-state index in [2.05, 4.69) is 11.8 Å². The maximum Gasteiger partial charge on any atom is 0.139 e. The van der Waals surface area contributed by atoms with Crippen LogP contribution < -0.4 is 10.5 Å². The maximum absolute atomic E-state index is 5.93. The molecular weight excluding hydrogens is 221 g/mol. The molecule has 1 aromatic rings. The first-order valence-electron chi connectivity index (χ1n) is 3.91. The Morgan fingerprint density at radius 1 is 1.36 bits per heavy atom. The quantitative estimate of drug-likeness (QED) is 0.751. The number of rotatable bonds is 1. The van der Waals surface area contributed by atoms with Crippen LogP contribution in [0.3, 0.4) is 0 Å². The first-order valence-corrected chi connectivity index (χ1v) is 4.66. The Morgan fingerprint density at radius 2 is 2.07 bits per heavy atom. The summed E-state index contributed by atoms with van der Waals surface area (Å²) in [6, 6.07) is 3.29. The van der Waals surface area contributed by atoms with Crippen LogP contribution in [0.15, 0.2) is 12.1 Å². The molecule has 0 unspecified atom stereocenters. The number of ether oxygens (including phenoxy) is 1. The van der Waals surface area contributed by atoms with Crippen LogP contribution in [0.4, 0.5) is 0 Å². The van der Waals surface area contributed by atoms with E-state index in [0.29, 0.717) is 27.9 Å². The van der Waals surface area contributed by atoms with Gasteiger partial charge < -0.3 is 10.5 Å². The van der Waals surface area contributed by atoms with Crippen molar-refractivity contribution in [3.8, 4) is 17.6 Å². The monoisotopic (exact) mass is 229 g/mol. The van der Waals surface area contributed by atoms with E-state index in [0.717, 1.165) is 0 Å². The van der Waals surface area contributed by atoms with Gasteiger partial charge in [-0.25, -0.2) is 0 Å². The zero-order valence-corrected chi connectivity index (χ0v) is 9.12. The predicted molar refractivity (Wildman–Crippen MR) is 58.9 cm³/mol. The Morgan fingerprint density at radius 3 is 2.64 bits per heavy atom. The minimum Gasteiger partial charge on any atom is -0.495 e. The lowest BCUT2D eigenvalue weighted by Crippen LogP contribution is -1.93. The minimum absolute atomic E-state index is 0.292. The molecule has 0 aliphatic carbocycles. The predicted octanol–water partition coefficient (Wildman–Crippen LogP) is 2.31. The number of benzene rings is 1. The zero-order chi connectivity index (χ0) is 10.6. The fourth-order valence-electron chi connectivity index (χ4n) is 0.927. The highest BCUT2D eigenvalue weighted by Crippen LogP contribution is 2.30. The van der Waals surface area contributed by atoms with Crippen LogP contribution in [0.2, 0.25) is 10.0 Å². The van der Waals surface area contributed by atoms with Gasteiger partial charge in [0.2, 0.25) is 0 Å². The summed E-state index contributed by atoms with van der Waals surface area (Å²) in [4.78, 5) is 0. The van der Waals surface area contributed by atoms with Crippen molar-refractivity contribution in [1.29, 1.82) is 0 Å². The van der Waals surface area contributed by atoms with E-state index < -0.39 is 0 Å². The van der Waals surface area contributed by atoms with E-state index >= 15 is 0 Å². The van der Waals surface area contributed by atoms with E-state index in [4.69, 9.17) is 33.7 Å². The topological polar surface area (TPSA) is 35.2 Å². The van der Waals surface area contributed by atoms with Gasteiger partial charge in [-0.1, -0.05) is 35.0 Å². The Hall–Kier alpha value is -0.880. The average molecular weight is 230 g/mol. The second kappa shape index (κ2) is 5.11. The van der Waals surface area contributed by atoms with Crippen LogP contribution in [0.5, 0.6) is 5.75 Å². The Balaban J connectivity index is 3.15. The molecule has 2 N–H and O–H groups in total. The Labute approximate surface area is 93.0 Å². The molecule has 0 heterocycles. The van der Waals surface area contributed by atoms with Crippen molar-refractivity contribution in [3.63, 3.8) is 0 Å². The summed E-state index contributed by atoms with van der Waals surface area (Å²) in [6.45, 7) is 0.292. The van der Waals surface area contributed by atoms with E-state index in [9.17, 15) is 0 Å². The molecule has 74 valence electrons. The zero-order valence-electron chi connectivity index (χ0n) is 7.60. The third-order valence-corrected chi connectivity index (χ3v) is 2.17. The summed E-state index contributed by atoms with van der Waals surface area (Å²) in [5.74, 6) is 6.06. The summed E-state index contributed by atoms with van der Waals surface area (Å²) >= 11 is 11.8. The molecule has 0 aromatic heterocycles. The van der Waals surface area contributed by atoms with Crippen LogP contribution in [-0.4, -0.2) is 13.7 Å². The van der Waals surface area contributed by atoms with Gasteiger partial charge in [-0.2, -0.15) is 0 Å². The standard InChI is InChI=1S/C10H9Cl2NO/c1-14-10-6-8(11)7(3-2-4-13)5-9(10)12/h5-6H,4,13H2,1H3. The van der Waals surface area contributed by atoms with Crippen molar-refractivity contribution in [2.75, 3.05) is 13.7 Å². The van der Waals surface area contributed by atoms with Gasteiger partial charge >= 0.3 is 0 Å². The molecule has 0 aliphatic rings. The molecule has 0 atom stereocenters. The van der Waals surface area contributed by atoms with Gasteiger partial charge in [-0.3, -0.25) is 0 Å². The van der Waals surface area contributed by atoms with E-state index in [1.54, 1.807) is 12.1 Å². The molecule has 1 rings (SSSR count). The van der Waals surface area contributed by atoms with Crippen LogP contribution in [0.1, 0.15) is 5.56 Å². The van der Waals surface area contributed by atoms with E-state index in [1.165, 1.54) is 7.11 Å². The molecule has 4 heteroatoms. The molecular formula is C10H9Cl2NO. The fourth-order valence-corrected chi connectivity index (χ4v) is 1.37. The van der Waals surface area contributed by atoms with Crippen LogP contribution >= 0.6 is 23.2 Å². The SMILES string of the molecule is COc1cc(Cl)c(C#CCN)cc1Cl. The summed E-state index contributed by atoms with van der Waals surface area (Å²) in [5.41, 5.74) is 5.90. The van der Waals surface area contributed by atoms with Gasteiger partial charge in [-0.15, -0.1) is 0 Å². The van der Waals surface area contributed by atoms with Crippen LogP contribution in [-0.2, 0) is 0 Å². The largest absolute Gasteiger partial charge is 0.495 e. The van der Waals surface area contributed by atoms with E-state index in [-0.39, 0.29) is 0 Å². The molecule has 0 radical (unpaired) electrons. The molecule has 0 bridgehead atoms. The number of hydrogen-bond acceptors (Lipinski definition) is 2. The number of nitrogens with two attached hydrogens (primary N) is 1.